The minimum atomic E-state index is -0.310. The molecule has 1 aromatic rings. The normalized spacial score (nSPS) is 19.1. The van der Waals surface area contributed by atoms with Crippen LogP contribution in [0.15, 0.2) is 36.1 Å². The number of hydrogen-bond donors (Lipinski definition) is 2. The highest BCUT2D eigenvalue weighted by molar-refractivity contribution is 5.67. The summed E-state index contributed by atoms with van der Waals surface area (Å²) in [6.45, 7) is 7.21. The Morgan fingerprint density at radius 3 is 2.62 bits per heavy atom. The number of nitrogens with one attached hydrogen (secondary N) is 2. The third kappa shape index (κ3) is 6.19. The minimum absolute atomic E-state index is 0.0911. The lowest BCUT2D eigenvalue weighted by Crippen LogP contribution is -2.45. The van der Waals surface area contributed by atoms with E-state index in [0.717, 1.165) is 56.8 Å². The van der Waals surface area contributed by atoms with Crippen molar-refractivity contribution in [2.24, 2.45) is 0 Å². The summed E-state index contributed by atoms with van der Waals surface area (Å²) in [6, 6.07) is 4.57. The van der Waals surface area contributed by atoms with Gasteiger partial charge in [0.05, 0.1) is 26.9 Å². The topological polar surface area (TPSA) is 72.1 Å². The third-order valence-corrected chi connectivity index (χ3v) is 6.00. The van der Waals surface area contributed by atoms with Crippen molar-refractivity contribution >= 4 is 6.09 Å². The van der Waals surface area contributed by atoms with E-state index in [1.165, 1.54) is 16.7 Å². The van der Waals surface area contributed by atoms with Gasteiger partial charge in [-0.3, -0.25) is 4.90 Å². The van der Waals surface area contributed by atoms with Crippen molar-refractivity contribution in [1.82, 2.24) is 15.5 Å². The molecule has 1 amide bonds. The lowest BCUT2D eigenvalue weighted by atomic mass is 9.96. The van der Waals surface area contributed by atoms with E-state index in [1.54, 1.807) is 14.2 Å². The van der Waals surface area contributed by atoms with E-state index in [2.05, 4.69) is 46.7 Å². The number of rotatable bonds is 9. The molecule has 0 spiro atoms. The number of piperidine rings is 1. The van der Waals surface area contributed by atoms with Crippen LogP contribution in [0.3, 0.4) is 0 Å². The molecule has 1 aromatic carbocycles. The molecule has 7 heteroatoms. The molecule has 2 aliphatic rings. The molecule has 32 heavy (non-hydrogen) atoms. The first kappa shape index (κ1) is 24.0. The van der Waals surface area contributed by atoms with Crippen molar-refractivity contribution in [2.75, 3.05) is 40.5 Å². The van der Waals surface area contributed by atoms with Crippen LogP contribution in [-0.4, -0.2) is 57.5 Å². The number of ether oxygens (including phenoxy) is 3. The summed E-state index contributed by atoms with van der Waals surface area (Å²) < 4.78 is 16.2. The second-order valence-electron chi connectivity index (χ2n) is 8.30. The fourth-order valence-corrected chi connectivity index (χ4v) is 4.41. The standard InChI is InChI=1S/C25H37N3O4/c1-5-7-19-15-20(16-23(30-3)24(19)31-4)22-14-18(8-11-26-22)17-28-12-9-21(10-13-28)27-25(29)32-6-2/h8,11,14-16,21-22,26H,5-7,9-10,12-13,17H2,1-4H3,(H,27,29). The second-order valence-corrected chi connectivity index (χ2v) is 8.30. The van der Waals surface area contributed by atoms with E-state index >= 15 is 0 Å². The van der Waals surface area contributed by atoms with E-state index in [-0.39, 0.29) is 18.2 Å². The fraction of sp³-hybridized carbons (Fsp3) is 0.560. The van der Waals surface area contributed by atoms with E-state index in [1.807, 2.05) is 13.1 Å². The number of aryl methyl sites for hydroxylation is 1. The van der Waals surface area contributed by atoms with Crippen LogP contribution in [0.1, 0.15) is 50.3 Å². The Morgan fingerprint density at radius 2 is 1.97 bits per heavy atom. The lowest BCUT2D eigenvalue weighted by molar-refractivity contribution is 0.138. The van der Waals surface area contributed by atoms with E-state index in [4.69, 9.17) is 14.2 Å². The monoisotopic (exact) mass is 443 g/mol. The predicted octanol–water partition coefficient (Wildman–Crippen LogP) is 3.95. The number of hydrogen-bond acceptors (Lipinski definition) is 6. The Morgan fingerprint density at radius 1 is 1.19 bits per heavy atom. The zero-order valence-electron chi connectivity index (χ0n) is 19.8. The lowest BCUT2D eigenvalue weighted by Gasteiger charge is -2.33. The molecule has 1 unspecified atom stereocenters. The maximum absolute atomic E-state index is 11.6. The molecule has 3 rings (SSSR count). The van der Waals surface area contributed by atoms with Gasteiger partial charge < -0.3 is 24.8 Å². The van der Waals surface area contributed by atoms with Gasteiger partial charge in [0.2, 0.25) is 0 Å². The van der Waals surface area contributed by atoms with E-state index < -0.39 is 0 Å². The maximum atomic E-state index is 11.6. The molecular weight excluding hydrogens is 406 g/mol. The van der Waals surface area contributed by atoms with Gasteiger partial charge >= 0.3 is 6.09 Å². The second kappa shape index (κ2) is 11.8. The number of nitrogens with zero attached hydrogens (tertiary/aromatic N) is 1. The molecule has 1 fully saturated rings. The van der Waals surface area contributed by atoms with Crippen LogP contribution in [0.2, 0.25) is 0 Å². The Kier molecular flexibility index (Phi) is 8.85. The molecule has 1 atom stereocenters. The third-order valence-electron chi connectivity index (χ3n) is 6.00. The minimum Gasteiger partial charge on any atom is -0.493 e. The first-order chi connectivity index (χ1) is 15.6. The molecular formula is C25H37N3O4. The first-order valence-corrected chi connectivity index (χ1v) is 11.6. The van der Waals surface area contributed by atoms with Gasteiger partial charge in [-0.1, -0.05) is 19.4 Å². The summed E-state index contributed by atoms with van der Waals surface area (Å²) in [5.41, 5.74) is 3.63. The fourth-order valence-electron chi connectivity index (χ4n) is 4.41. The van der Waals surface area contributed by atoms with Gasteiger partial charge in [-0.2, -0.15) is 0 Å². The van der Waals surface area contributed by atoms with E-state index in [0.29, 0.717) is 6.61 Å². The van der Waals surface area contributed by atoms with Crippen LogP contribution in [0.5, 0.6) is 11.5 Å². The molecule has 2 heterocycles. The number of benzene rings is 1. The highest BCUT2D eigenvalue weighted by Gasteiger charge is 2.23. The first-order valence-electron chi connectivity index (χ1n) is 11.6. The Bertz CT molecular complexity index is 829. The number of methoxy groups -OCH3 is 2. The largest absolute Gasteiger partial charge is 0.493 e. The number of carbonyl (C=O) groups excluding carboxylic acids is 1. The van der Waals surface area contributed by atoms with Gasteiger partial charge in [0, 0.05) is 25.7 Å². The number of carbonyl (C=O) groups is 1. The molecule has 7 nitrogen and oxygen atoms in total. The van der Waals surface area contributed by atoms with Gasteiger partial charge in [0.1, 0.15) is 0 Å². The van der Waals surface area contributed by atoms with Crippen LogP contribution in [-0.2, 0) is 11.2 Å². The van der Waals surface area contributed by atoms with Crippen LogP contribution in [0.4, 0.5) is 4.79 Å². The van der Waals surface area contributed by atoms with Gasteiger partial charge in [0.15, 0.2) is 11.5 Å². The quantitative estimate of drug-likeness (QED) is 0.602. The summed E-state index contributed by atoms with van der Waals surface area (Å²) in [4.78, 5) is 14.1. The molecule has 2 aliphatic heterocycles. The molecule has 0 bridgehead atoms. The average Bonchev–Trinajstić information content (AvgIpc) is 2.80. The average molecular weight is 444 g/mol. The van der Waals surface area contributed by atoms with Crippen molar-refractivity contribution in [3.63, 3.8) is 0 Å². The van der Waals surface area contributed by atoms with Crippen LogP contribution < -0.4 is 20.1 Å². The Balaban J connectivity index is 1.64. The summed E-state index contributed by atoms with van der Waals surface area (Å²) in [6.07, 6.45) is 10.0. The van der Waals surface area contributed by atoms with Crippen molar-refractivity contribution in [1.29, 1.82) is 0 Å². The summed E-state index contributed by atoms with van der Waals surface area (Å²) >= 11 is 0. The number of dihydropyridines is 1. The van der Waals surface area contributed by atoms with Gasteiger partial charge in [-0.05, 0) is 67.3 Å². The Labute approximate surface area is 191 Å². The Hall–Kier alpha value is -2.67. The highest BCUT2D eigenvalue weighted by atomic mass is 16.5. The number of amides is 1. The molecule has 176 valence electrons. The van der Waals surface area contributed by atoms with Crippen LogP contribution >= 0.6 is 0 Å². The van der Waals surface area contributed by atoms with Crippen LogP contribution in [0.25, 0.3) is 0 Å². The predicted molar refractivity (Wildman–Crippen MR) is 126 cm³/mol. The molecule has 0 saturated carbocycles. The summed E-state index contributed by atoms with van der Waals surface area (Å²) in [5.74, 6) is 1.60. The van der Waals surface area contributed by atoms with Crippen molar-refractivity contribution in [3.05, 3.63) is 47.2 Å². The van der Waals surface area contributed by atoms with Crippen molar-refractivity contribution in [2.45, 2.75) is 51.6 Å². The smallest absolute Gasteiger partial charge is 0.407 e. The van der Waals surface area contributed by atoms with Crippen molar-refractivity contribution in [3.8, 4) is 11.5 Å². The SMILES string of the molecule is CCCc1cc(C2C=C(CN3CCC(NC(=O)OCC)CC3)C=CN2)cc(OC)c1OC. The number of likely N-dealkylation sites (tertiary alicyclic amines) is 1. The number of alkyl carbamates (subject to hydrolysis) is 1. The molecule has 1 saturated heterocycles. The van der Waals surface area contributed by atoms with E-state index in [9.17, 15) is 4.79 Å². The summed E-state index contributed by atoms with van der Waals surface area (Å²) in [7, 11) is 3.38. The van der Waals surface area contributed by atoms with Gasteiger partial charge in [-0.25, -0.2) is 4.79 Å². The highest BCUT2D eigenvalue weighted by Crippen LogP contribution is 2.36. The van der Waals surface area contributed by atoms with Crippen LogP contribution in [0, 0.1) is 0 Å². The zero-order chi connectivity index (χ0) is 22.9. The van der Waals surface area contributed by atoms with Gasteiger partial charge in [0.25, 0.3) is 0 Å². The maximum Gasteiger partial charge on any atom is 0.407 e. The molecule has 0 aliphatic carbocycles. The molecule has 0 aromatic heterocycles. The van der Waals surface area contributed by atoms with Gasteiger partial charge in [-0.15, -0.1) is 0 Å². The van der Waals surface area contributed by atoms with Crippen molar-refractivity contribution < 1.29 is 19.0 Å². The molecule has 0 radical (unpaired) electrons. The zero-order valence-corrected chi connectivity index (χ0v) is 19.8. The summed E-state index contributed by atoms with van der Waals surface area (Å²) in [5, 5.41) is 6.43. The molecule has 2 N–H and O–H groups in total.